The monoisotopic (exact) mass is 329 g/mol. The van der Waals surface area contributed by atoms with Crippen LogP contribution < -0.4 is 0 Å². The number of nitrogens with zero attached hydrogens (tertiary/aromatic N) is 7. The smallest absolute Gasteiger partial charge is 0.340 e. The van der Waals surface area contributed by atoms with E-state index in [1.165, 1.54) is 6.20 Å². The van der Waals surface area contributed by atoms with Crippen LogP contribution in [0.25, 0.3) is 11.0 Å². The highest BCUT2D eigenvalue weighted by Gasteiger charge is 2.14. The number of carbonyl (C=O) groups excluding carboxylic acids is 1. The predicted octanol–water partition coefficient (Wildman–Crippen LogP) is 1.77. The van der Waals surface area contributed by atoms with E-state index in [-0.39, 0.29) is 12.6 Å². The molecule has 0 aliphatic rings. The normalized spacial score (nSPS) is 11.3. The maximum Gasteiger partial charge on any atom is 0.340 e. The van der Waals surface area contributed by atoms with Gasteiger partial charge in [-0.1, -0.05) is 6.92 Å². The summed E-state index contributed by atoms with van der Waals surface area (Å²) < 4.78 is 8.73. The topological polar surface area (TPSA) is 101 Å². The first-order valence-electron chi connectivity index (χ1n) is 7.85. The van der Waals surface area contributed by atoms with Crippen LogP contribution in [-0.4, -0.2) is 40.9 Å². The van der Waals surface area contributed by atoms with Crippen molar-refractivity contribution in [1.29, 1.82) is 0 Å². The summed E-state index contributed by atoms with van der Waals surface area (Å²) in [5.41, 5.74) is 1.12. The summed E-state index contributed by atoms with van der Waals surface area (Å²) in [6.07, 6.45) is 4.09. The van der Waals surface area contributed by atoms with Crippen LogP contribution in [0, 0.1) is 0 Å². The molecule has 0 spiro atoms. The number of rotatable bonds is 6. The Kier molecular flexibility index (Phi) is 4.50. The van der Waals surface area contributed by atoms with E-state index in [4.69, 9.17) is 4.74 Å². The van der Waals surface area contributed by atoms with E-state index in [1.807, 2.05) is 25.5 Å². The minimum absolute atomic E-state index is 0.0229. The molecule has 9 heteroatoms. The third-order valence-electron chi connectivity index (χ3n) is 3.53. The van der Waals surface area contributed by atoms with Gasteiger partial charge in [0.2, 0.25) is 0 Å². The molecule has 0 saturated heterocycles. The molecule has 0 aliphatic carbocycles. The number of carbonyl (C=O) groups is 1. The quantitative estimate of drug-likeness (QED) is 0.635. The highest BCUT2D eigenvalue weighted by molar-refractivity contribution is 5.92. The third kappa shape index (κ3) is 3.10. The fourth-order valence-electron chi connectivity index (χ4n) is 2.36. The van der Waals surface area contributed by atoms with Gasteiger partial charge in [0.1, 0.15) is 0 Å². The molecule has 0 saturated carbocycles. The first-order valence-corrected chi connectivity index (χ1v) is 7.85. The van der Waals surface area contributed by atoms with Gasteiger partial charge in [0.05, 0.1) is 11.8 Å². The molecule has 0 aromatic carbocycles. The SMILES string of the molecule is CCCn1nnnc1COC(=O)c1cnc2c(cnn2C(C)C)c1. The summed E-state index contributed by atoms with van der Waals surface area (Å²) in [5.74, 6) is 0.0552. The number of fused-ring (bicyclic) bond motifs is 1. The predicted molar refractivity (Wildman–Crippen MR) is 85.1 cm³/mol. The molecule has 3 rings (SSSR count). The first kappa shape index (κ1) is 16.0. The van der Waals surface area contributed by atoms with E-state index in [0.29, 0.717) is 17.9 Å². The molecule has 126 valence electrons. The van der Waals surface area contributed by atoms with E-state index in [9.17, 15) is 4.79 Å². The molecule has 0 radical (unpaired) electrons. The Bertz CT molecular complexity index is 853. The van der Waals surface area contributed by atoms with Crippen molar-refractivity contribution < 1.29 is 9.53 Å². The number of hydrogen-bond acceptors (Lipinski definition) is 7. The van der Waals surface area contributed by atoms with Crippen molar-refractivity contribution in [3.8, 4) is 0 Å². The van der Waals surface area contributed by atoms with Gasteiger partial charge in [0, 0.05) is 24.2 Å². The van der Waals surface area contributed by atoms with Crippen molar-refractivity contribution in [2.24, 2.45) is 0 Å². The number of pyridine rings is 1. The van der Waals surface area contributed by atoms with Crippen molar-refractivity contribution in [3.05, 3.63) is 29.8 Å². The molecular formula is C15H19N7O2. The molecule has 0 atom stereocenters. The van der Waals surface area contributed by atoms with Crippen LogP contribution >= 0.6 is 0 Å². The van der Waals surface area contributed by atoms with Crippen LogP contribution in [0.1, 0.15) is 49.4 Å². The highest BCUT2D eigenvalue weighted by atomic mass is 16.5. The third-order valence-corrected chi connectivity index (χ3v) is 3.53. The van der Waals surface area contributed by atoms with Gasteiger partial charge in [0.25, 0.3) is 0 Å². The number of tetrazole rings is 1. The second kappa shape index (κ2) is 6.73. The van der Waals surface area contributed by atoms with Gasteiger partial charge in [-0.2, -0.15) is 5.10 Å². The van der Waals surface area contributed by atoms with Gasteiger partial charge in [-0.15, -0.1) is 5.10 Å². The molecule has 3 aromatic heterocycles. The van der Waals surface area contributed by atoms with Gasteiger partial charge < -0.3 is 4.74 Å². The second-order valence-corrected chi connectivity index (χ2v) is 5.71. The van der Waals surface area contributed by atoms with Gasteiger partial charge in [-0.25, -0.2) is 19.1 Å². The zero-order valence-corrected chi connectivity index (χ0v) is 13.9. The molecule has 3 aromatic rings. The van der Waals surface area contributed by atoms with Crippen LogP contribution in [0.5, 0.6) is 0 Å². The van der Waals surface area contributed by atoms with Crippen molar-refractivity contribution in [2.75, 3.05) is 0 Å². The van der Waals surface area contributed by atoms with Gasteiger partial charge >= 0.3 is 5.97 Å². The number of aromatic nitrogens is 7. The Morgan fingerprint density at radius 3 is 2.92 bits per heavy atom. The largest absolute Gasteiger partial charge is 0.454 e. The molecule has 24 heavy (non-hydrogen) atoms. The fraction of sp³-hybridized carbons (Fsp3) is 0.467. The number of ether oxygens (including phenoxy) is 1. The lowest BCUT2D eigenvalue weighted by Gasteiger charge is -2.07. The highest BCUT2D eigenvalue weighted by Crippen LogP contribution is 2.17. The lowest BCUT2D eigenvalue weighted by molar-refractivity contribution is 0.0456. The summed E-state index contributed by atoms with van der Waals surface area (Å²) in [6, 6.07) is 1.93. The summed E-state index contributed by atoms with van der Waals surface area (Å²) in [5, 5.41) is 16.4. The molecule has 0 amide bonds. The Hall–Kier alpha value is -2.84. The minimum Gasteiger partial charge on any atom is -0.454 e. The maximum atomic E-state index is 12.2. The molecule has 9 nitrogen and oxygen atoms in total. The molecular weight excluding hydrogens is 310 g/mol. The fourth-order valence-corrected chi connectivity index (χ4v) is 2.36. The van der Waals surface area contributed by atoms with Crippen molar-refractivity contribution in [3.63, 3.8) is 0 Å². The first-order chi connectivity index (χ1) is 11.6. The van der Waals surface area contributed by atoms with Crippen LogP contribution in [0.3, 0.4) is 0 Å². The number of hydrogen-bond donors (Lipinski definition) is 0. The lowest BCUT2D eigenvalue weighted by Crippen LogP contribution is -2.11. The van der Waals surface area contributed by atoms with Gasteiger partial charge in [-0.3, -0.25) is 0 Å². The van der Waals surface area contributed by atoms with Crippen molar-refractivity contribution >= 4 is 17.0 Å². The Morgan fingerprint density at radius 2 is 2.17 bits per heavy atom. The standard InChI is InChI=1S/C15H19N7O2/c1-4-5-21-13(18-19-20-21)9-24-15(23)12-6-11-8-17-22(10(2)3)14(11)16-7-12/h6-8,10H,4-5,9H2,1-3H3. The van der Waals surface area contributed by atoms with Crippen LogP contribution in [0.4, 0.5) is 0 Å². The molecule has 0 aliphatic heterocycles. The van der Waals surface area contributed by atoms with E-state index < -0.39 is 5.97 Å². The second-order valence-electron chi connectivity index (χ2n) is 5.71. The summed E-state index contributed by atoms with van der Waals surface area (Å²) in [4.78, 5) is 16.6. The van der Waals surface area contributed by atoms with E-state index in [1.54, 1.807) is 16.9 Å². The summed E-state index contributed by atoms with van der Waals surface area (Å²) in [6.45, 7) is 6.78. The number of aryl methyl sites for hydroxylation is 1. The Balaban J connectivity index is 1.73. The van der Waals surface area contributed by atoms with Crippen LogP contribution in [-0.2, 0) is 17.9 Å². The zero-order chi connectivity index (χ0) is 17.1. The molecule has 0 bridgehead atoms. The summed E-state index contributed by atoms with van der Waals surface area (Å²) in [7, 11) is 0. The van der Waals surface area contributed by atoms with E-state index >= 15 is 0 Å². The van der Waals surface area contributed by atoms with Crippen molar-refractivity contribution in [2.45, 2.75) is 46.4 Å². The van der Waals surface area contributed by atoms with E-state index in [0.717, 1.165) is 17.5 Å². The Morgan fingerprint density at radius 1 is 1.33 bits per heavy atom. The Labute approximate surface area is 138 Å². The van der Waals surface area contributed by atoms with Gasteiger partial charge in [0.15, 0.2) is 18.1 Å². The molecule has 0 fully saturated rings. The van der Waals surface area contributed by atoms with Crippen LogP contribution in [0.2, 0.25) is 0 Å². The summed E-state index contributed by atoms with van der Waals surface area (Å²) >= 11 is 0. The number of esters is 1. The molecule has 0 unspecified atom stereocenters. The average molecular weight is 329 g/mol. The van der Waals surface area contributed by atoms with Gasteiger partial charge in [-0.05, 0) is 36.8 Å². The maximum absolute atomic E-state index is 12.2. The lowest BCUT2D eigenvalue weighted by atomic mass is 10.2. The minimum atomic E-state index is -0.465. The molecule has 3 heterocycles. The average Bonchev–Trinajstić information content (AvgIpc) is 3.18. The molecule has 0 N–H and O–H groups in total. The van der Waals surface area contributed by atoms with Crippen LogP contribution in [0.15, 0.2) is 18.5 Å². The van der Waals surface area contributed by atoms with E-state index in [2.05, 4.69) is 25.6 Å². The van der Waals surface area contributed by atoms with Crippen molar-refractivity contribution in [1.82, 2.24) is 35.0 Å². The zero-order valence-electron chi connectivity index (χ0n) is 13.9.